The summed E-state index contributed by atoms with van der Waals surface area (Å²) in [5.41, 5.74) is 2.49. The summed E-state index contributed by atoms with van der Waals surface area (Å²) in [6, 6.07) is 10.7. The van der Waals surface area contributed by atoms with Crippen molar-refractivity contribution in [1.82, 2.24) is 15.1 Å². The molecule has 24 heavy (non-hydrogen) atoms. The molecule has 1 N–H and O–H groups in total. The molecule has 1 aliphatic heterocycles. The summed E-state index contributed by atoms with van der Waals surface area (Å²) in [6.45, 7) is 10.2. The molecule has 5 heteroatoms. The van der Waals surface area contributed by atoms with Gasteiger partial charge in [-0.05, 0) is 29.7 Å². The van der Waals surface area contributed by atoms with Crippen LogP contribution in [0, 0.1) is 5.92 Å². The van der Waals surface area contributed by atoms with Crippen molar-refractivity contribution in [3.8, 4) is 0 Å². The number of carbonyl (C=O) groups is 1. The van der Waals surface area contributed by atoms with E-state index in [1.807, 2.05) is 16.9 Å². The number of amides is 1. The van der Waals surface area contributed by atoms with Gasteiger partial charge in [-0.3, -0.25) is 4.79 Å². The zero-order valence-electron chi connectivity index (χ0n) is 14.3. The molecule has 0 saturated heterocycles. The topological polar surface area (TPSA) is 50.2 Å². The van der Waals surface area contributed by atoms with E-state index in [1.54, 1.807) is 0 Å². The molecular weight excluding hydrogens is 300 g/mol. The number of aromatic nitrogens is 2. The van der Waals surface area contributed by atoms with E-state index in [2.05, 4.69) is 60.0 Å². The molecule has 5 nitrogen and oxygen atoms in total. The van der Waals surface area contributed by atoms with Crippen LogP contribution in [-0.2, 0) is 11.3 Å². The Balaban J connectivity index is 1.81. The monoisotopic (exact) mass is 324 g/mol. The first kappa shape index (κ1) is 16.3. The number of nitrogens with one attached hydrogen (secondary N) is 1. The minimum Gasteiger partial charge on any atom is -0.352 e. The Morgan fingerprint density at radius 3 is 2.75 bits per heavy atom. The minimum absolute atomic E-state index is 0.130. The first-order chi connectivity index (χ1) is 11.6. The van der Waals surface area contributed by atoms with E-state index < -0.39 is 0 Å². The molecule has 1 unspecified atom stereocenters. The lowest BCUT2D eigenvalue weighted by Crippen LogP contribution is -2.41. The summed E-state index contributed by atoms with van der Waals surface area (Å²) in [7, 11) is 0. The van der Waals surface area contributed by atoms with Crippen molar-refractivity contribution in [2.45, 2.75) is 26.3 Å². The van der Waals surface area contributed by atoms with Crippen molar-refractivity contribution in [1.29, 1.82) is 0 Å². The van der Waals surface area contributed by atoms with E-state index in [0.29, 0.717) is 18.4 Å². The summed E-state index contributed by atoms with van der Waals surface area (Å²) in [6.07, 6.45) is 3.14. The second-order valence-electron chi connectivity index (χ2n) is 6.54. The minimum atomic E-state index is -0.130. The molecule has 0 saturated carbocycles. The first-order valence-corrected chi connectivity index (χ1v) is 8.38. The Morgan fingerprint density at radius 2 is 2.08 bits per heavy atom. The van der Waals surface area contributed by atoms with Crippen LogP contribution < -0.4 is 10.2 Å². The van der Waals surface area contributed by atoms with Crippen LogP contribution in [0.3, 0.4) is 0 Å². The number of rotatable bonds is 5. The van der Waals surface area contributed by atoms with Crippen LogP contribution in [0.4, 0.5) is 11.5 Å². The second-order valence-corrected chi connectivity index (χ2v) is 6.54. The molecule has 0 spiro atoms. The maximum atomic E-state index is 11.4. The van der Waals surface area contributed by atoms with Crippen molar-refractivity contribution < 1.29 is 4.79 Å². The van der Waals surface area contributed by atoms with Gasteiger partial charge in [0.05, 0.1) is 6.20 Å². The average Bonchev–Trinajstić information content (AvgIpc) is 3.07. The van der Waals surface area contributed by atoms with Crippen LogP contribution in [0.2, 0.25) is 0 Å². The predicted octanol–water partition coefficient (Wildman–Crippen LogP) is 3.08. The maximum absolute atomic E-state index is 11.4. The Morgan fingerprint density at radius 1 is 1.33 bits per heavy atom. The molecule has 0 radical (unpaired) electrons. The molecule has 1 aromatic heterocycles. The highest BCUT2D eigenvalue weighted by Gasteiger charge is 2.26. The van der Waals surface area contributed by atoms with Gasteiger partial charge < -0.3 is 10.2 Å². The van der Waals surface area contributed by atoms with Gasteiger partial charge in [0.1, 0.15) is 5.82 Å². The summed E-state index contributed by atoms with van der Waals surface area (Å²) >= 11 is 0. The highest BCUT2D eigenvalue weighted by Crippen LogP contribution is 2.31. The van der Waals surface area contributed by atoms with Crippen LogP contribution in [-0.4, -0.2) is 28.8 Å². The largest absolute Gasteiger partial charge is 0.352 e. The molecule has 0 bridgehead atoms. The second kappa shape index (κ2) is 6.91. The Bertz CT molecular complexity index is 717. The quantitative estimate of drug-likeness (QED) is 0.860. The van der Waals surface area contributed by atoms with Crippen molar-refractivity contribution in [3.63, 3.8) is 0 Å². The summed E-state index contributed by atoms with van der Waals surface area (Å²) in [4.78, 5) is 13.7. The van der Waals surface area contributed by atoms with Gasteiger partial charge in [0.25, 0.3) is 0 Å². The van der Waals surface area contributed by atoms with Gasteiger partial charge in [-0.25, -0.2) is 4.68 Å². The van der Waals surface area contributed by atoms with Gasteiger partial charge in [0.2, 0.25) is 5.91 Å². The molecule has 2 aromatic rings. The van der Waals surface area contributed by atoms with Gasteiger partial charge >= 0.3 is 0 Å². The molecule has 1 atom stereocenters. The number of benzene rings is 1. The van der Waals surface area contributed by atoms with E-state index in [0.717, 1.165) is 24.6 Å². The zero-order chi connectivity index (χ0) is 17.1. The fraction of sp³-hybridized carbons (Fsp3) is 0.368. The fourth-order valence-corrected chi connectivity index (χ4v) is 3.07. The summed E-state index contributed by atoms with van der Waals surface area (Å²) in [5.74, 6) is 1.78. The van der Waals surface area contributed by atoms with Crippen LogP contribution in [0.25, 0.3) is 0 Å². The molecule has 126 valence electrons. The van der Waals surface area contributed by atoms with Crippen LogP contribution >= 0.6 is 0 Å². The van der Waals surface area contributed by atoms with Crippen molar-refractivity contribution in [3.05, 3.63) is 54.7 Å². The highest BCUT2D eigenvalue weighted by molar-refractivity contribution is 5.86. The molecule has 1 amide bonds. The first-order valence-electron chi connectivity index (χ1n) is 8.38. The third-order valence-electron chi connectivity index (χ3n) is 4.46. The fourth-order valence-electron chi connectivity index (χ4n) is 3.07. The third kappa shape index (κ3) is 3.35. The van der Waals surface area contributed by atoms with E-state index in [1.165, 1.54) is 11.6 Å². The van der Waals surface area contributed by atoms with Gasteiger partial charge in [-0.1, -0.05) is 32.6 Å². The Hall–Kier alpha value is -2.56. The molecule has 1 aromatic carbocycles. The van der Waals surface area contributed by atoms with Crippen molar-refractivity contribution in [2.75, 3.05) is 18.0 Å². The van der Waals surface area contributed by atoms with E-state index in [4.69, 9.17) is 0 Å². The number of carbonyl (C=O) groups excluding carboxylic acids is 1. The maximum Gasteiger partial charge on any atom is 0.243 e. The van der Waals surface area contributed by atoms with E-state index >= 15 is 0 Å². The van der Waals surface area contributed by atoms with Crippen molar-refractivity contribution >= 4 is 17.4 Å². The van der Waals surface area contributed by atoms with Crippen LogP contribution in [0.1, 0.15) is 25.3 Å². The number of fused-ring (bicyclic) bond motifs is 1. The van der Waals surface area contributed by atoms with E-state index in [9.17, 15) is 4.79 Å². The summed E-state index contributed by atoms with van der Waals surface area (Å²) in [5, 5.41) is 7.31. The predicted molar refractivity (Wildman–Crippen MR) is 96.5 cm³/mol. The highest BCUT2D eigenvalue weighted by atomic mass is 16.1. The molecular formula is C19H24N4O. The summed E-state index contributed by atoms with van der Waals surface area (Å²) < 4.78 is 2.00. The molecule has 0 aliphatic carbocycles. The molecule has 0 fully saturated rings. The Kier molecular flexibility index (Phi) is 4.69. The number of anilines is 2. The Labute approximate surface area is 143 Å². The van der Waals surface area contributed by atoms with Gasteiger partial charge in [0, 0.05) is 37.3 Å². The normalized spacial score (nSPS) is 16.8. The van der Waals surface area contributed by atoms with Crippen LogP contribution in [0.15, 0.2) is 49.2 Å². The number of nitrogens with zero attached hydrogens (tertiary/aromatic N) is 3. The standard InChI is InChI=1S/C19H24N4O/c1-4-18(24)20-11-15-12-22(19-9-10-21-23(19)13-15)17-7-5-16(6-8-17)14(2)3/h4-10,14-15H,1,11-13H2,2-3H3,(H,20,24). The van der Waals surface area contributed by atoms with Gasteiger partial charge in [-0.2, -0.15) is 5.10 Å². The lowest BCUT2D eigenvalue weighted by atomic mass is 10.0. The van der Waals surface area contributed by atoms with E-state index in [-0.39, 0.29) is 5.91 Å². The zero-order valence-corrected chi connectivity index (χ0v) is 14.3. The lowest BCUT2D eigenvalue weighted by molar-refractivity contribution is -0.116. The molecule has 2 heterocycles. The van der Waals surface area contributed by atoms with Gasteiger partial charge in [-0.15, -0.1) is 0 Å². The van der Waals surface area contributed by atoms with Gasteiger partial charge in [0.15, 0.2) is 0 Å². The lowest BCUT2D eigenvalue weighted by Gasteiger charge is -2.35. The van der Waals surface area contributed by atoms with Crippen molar-refractivity contribution in [2.24, 2.45) is 5.92 Å². The molecule has 3 rings (SSSR count). The third-order valence-corrected chi connectivity index (χ3v) is 4.46. The molecule has 1 aliphatic rings. The number of hydrogen-bond acceptors (Lipinski definition) is 3. The van der Waals surface area contributed by atoms with Crippen LogP contribution in [0.5, 0.6) is 0 Å². The average molecular weight is 324 g/mol. The number of hydrogen-bond donors (Lipinski definition) is 1. The SMILES string of the molecule is C=CC(=O)NCC1CN(c2ccc(C(C)C)cc2)c2ccnn2C1. The smallest absolute Gasteiger partial charge is 0.243 e.